The van der Waals surface area contributed by atoms with Crippen LogP contribution in [-0.2, 0) is 19.2 Å². The quantitative estimate of drug-likeness (QED) is 0.543. The van der Waals surface area contributed by atoms with Gasteiger partial charge in [-0.1, -0.05) is 12.1 Å². The molecule has 2 rings (SSSR count). The predicted molar refractivity (Wildman–Crippen MR) is 96.8 cm³/mol. The maximum atomic E-state index is 10.6. The van der Waals surface area contributed by atoms with Gasteiger partial charge in [0.15, 0.2) is 5.96 Å². The molecule has 1 heterocycles. The maximum Gasteiger partial charge on any atom is 0.191 e. The smallest absolute Gasteiger partial charge is 0.191 e. The Morgan fingerprint density at radius 3 is 2.88 bits per heavy atom. The molecular weight excluding hydrogens is 316 g/mol. The minimum atomic E-state index is -1.06. The highest BCUT2D eigenvalue weighted by Crippen LogP contribution is 2.18. The van der Waals surface area contributed by atoms with Crippen LogP contribution in [0.2, 0.25) is 0 Å². The standard InChI is InChI=1S/C18H24N6O/c1-4-20-17(21-10-15-7-5-6-14(8-15)9-19)22-13-18(2,25)16-11-23-24(3)12-16/h5-8,11-12,25H,4,10,13H2,1-3H3,(H2,20,21,22). The third kappa shape index (κ3) is 5.33. The average Bonchev–Trinajstić information content (AvgIpc) is 3.05. The summed E-state index contributed by atoms with van der Waals surface area (Å²) in [5.41, 5.74) is 1.24. The fraction of sp³-hybridized carbons (Fsp3) is 0.389. The molecule has 0 saturated heterocycles. The van der Waals surface area contributed by atoms with Gasteiger partial charge in [0, 0.05) is 25.4 Å². The Labute approximate surface area is 148 Å². The summed E-state index contributed by atoms with van der Waals surface area (Å²) in [7, 11) is 1.81. The molecule has 7 nitrogen and oxygen atoms in total. The van der Waals surface area contributed by atoms with E-state index in [-0.39, 0.29) is 0 Å². The SMILES string of the molecule is CCNC(=NCc1cccc(C#N)c1)NCC(C)(O)c1cnn(C)c1. The normalized spacial score (nSPS) is 13.8. The zero-order valence-electron chi connectivity index (χ0n) is 14.8. The molecule has 0 saturated carbocycles. The van der Waals surface area contributed by atoms with E-state index in [1.54, 1.807) is 30.1 Å². The second-order valence-corrected chi connectivity index (χ2v) is 6.04. The maximum absolute atomic E-state index is 10.6. The number of aliphatic imine (C=N–C) groups is 1. The van der Waals surface area contributed by atoms with Gasteiger partial charge in [0.2, 0.25) is 0 Å². The molecule has 0 bridgehead atoms. The topological polar surface area (TPSA) is 98.3 Å². The zero-order valence-corrected chi connectivity index (χ0v) is 14.8. The molecule has 0 aliphatic heterocycles. The van der Waals surface area contributed by atoms with E-state index in [0.717, 1.165) is 11.1 Å². The average molecular weight is 340 g/mol. The number of rotatable bonds is 6. The molecule has 2 aromatic rings. The van der Waals surface area contributed by atoms with E-state index in [9.17, 15) is 5.11 Å². The first-order chi connectivity index (χ1) is 11.9. The summed E-state index contributed by atoms with van der Waals surface area (Å²) in [5.74, 6) is 0.606. The number of guanidine groups is 1. The summed E-state index contributed by atoms with van der Waals surface area (Å²) >= 11 is 0. The van der Waals surface area contributed by atoms with E-state index in [1.165, 1.54) is 0 Å². The van der Waals surface area contributed by atoms with E-state index in [4.69, 9.17) is 5.26 Å². The first kappa shape index (κ1) is 18.5. The molecule has 132 valence electrons. The van der Waals surface area contributed by atoms with Gasteiger partial charge in [-0.25, -0.2) is 4.99 Å². The molecule has 0 amide bonds. The van der Waals surface area contributed by atoms with Crippen molar-refractivity contribution in [2.75, 3.05) is 13.1 Å². The number of aryl methyl sites for hydroxylation is 1. The van der Waals surface area contributed by atoms with E-state index in [0.29, 0.717) is 31.2 Å². The zero-order chi connectivity index (χ0) is 18.3. The number of benzene rings is 1. The van der Waals surface area contributed by atoms with Crippen molar-refractivity contribution in [3.63, 3.8) is 0 Å². The molecule has 7 heteroatoms. The third-order valence-corrected chi connectivity index (χ3v) is 3.75. The number of hydrogen-bond acceptors (Lipinski definition) is 4. The number of nitriles is 1. The van der Waals surface area contributed by atoms with Gasteiger partial charge in [-0.05, 0) is 31.5 Å². The molecule has 0 aliphatic carbocycles. The Balaban J connectivity index is 2.03. The van der Waals surface area contributed by atoms with Gasteiger partial charge in [0.1, 0.15) is 5.60 Å². The number of nitrogens with zero attached hydrogens (tertiary/aromatic N) is 4. The Morgan fingerprint density at radius 1 is 1.44 bits per heavy atom. The predicted octanol–water partition coefficient (Wildman–Crippen LogP) is 1.25. The van der Waals surface area contributed by atoms with Crippen LogP contribution in [0.1, 0.15) is 30.5 Å². The van der Waals surface area contributed by atoms with Gasteiger partial charge < -0.3 is 15.7 Å². The van der Waals surface area contributed by atoms with Crippen LogP contribution in [0.5, 0.6) is 0 Å². The van der Waals surface area contributed by atoms with Crippen LogP contribution in [0.25, 0.3) is 0 Å². The van der Waals surface area contributed by atoms with Crippen LogP contribution < -0.4 is 10.6 Å². The minimum Gasteiger partial charge on any atom is -0.383 e. The van der Waals surface area contributed by atoms with Crippen LogP contribution in [0, 0.1) is 11.3 Å². The number of aliphatic hydroxyl groups is 1. The number of hydrogen-bond donors (Lipinski definition) is 3. The van der Waals surface area contributed by atoms with Gasteiger partial charge in [-0.2, -0.15) is 10.4 Å². The molecule has 1 atom stereocenters. The van der Waals surface area contributed by atoms with E-state index >= 15 is 0 Å². The number of aromatic nitrogens is 2. The van der Waals surface area contributed by atoms with Crippen LogP contribution in [-0.4, -0.2) is 33.9 Å². The van der Waals surface area contributed by atoms with Crippen molar-refractivity contribution in [1.29, 1.82) is 5.26 Å². The molecule has 1 unspecified atom stereocenters. The third-order valence-electron chi connectivity index (χ3n) is 3.75. The van der Waals surface area contributed by atoms with Crippen molar-refractivity contribution in [3.05, 3.63) is 53.3 Å². The van der Waals surface area contributed by atoms with E-state index in [2.05, 4.69) is 26.8 Å². The lowest BCUT2D eigenvalue weighted by molar-refractivity contribution is 0.0616. The van der Waals surface area contributed by atoms with Gasteiger partial charge in [-0.15, -0.1) is 0 Å². The van der Waals surface area contributed by atoms with E-state index in [1.807, 2.05) is 32.2 Å². The number of nitrogens with one attached hydrogen (secondary N) is 2. The first-order valence-corrected chi connectivity index (χ1v) is 8.17. The Kier molecular flexibility index (Phi) is 6.14. The Bertz CT molecular complexity index is 772. The molecule has 25 heavy (non-hydrogen) atoms. The highest BCUT2D eigenvalue weighted by atomic mass is 16.3. The molecule has 0 spiro atoms. The summed E-state index contributed by atoms with van der Waals surface area (Å²) in [6.45, 7) is 5.16. The van der Waals surface area contributed by atoms with Crippen molar-refractivity contribution in [1.82, 2.24) is 20.4 Å². The fourth-order valence-electron chi connectivity index (χ4n) is 2.31. The largest absolute Gasteiger partial charge is 0.383 e. The first-order valence-electron chi connectivity index (χ1n) is 8.17. The van der Waals surface area contributed by atoms with Crippen molar-refractivity contribution in [3.8, 4) is 6.07 Å². The van der Waals surface area contributed by atoms with Gasteiger partial charge >= 0.3 is 0 Å². The highest BCUT2D eigenvalue weighted by Gasteiger charge is 2.24. The fourth-order valence-corrected chi connectivity index (χ4v) is 2.31. The molecule has 0 aliphatic rings. The van der Waals surface area contributed by atoms with Crippen molar-refractivity contribution < 1.29 is 5.11 Å². The lowest BCUT2D eigenvalue weighted by Crippen LogP contribution is -2.44. The van der Waals surface area contributed by atoms with Crippen LogP contribution in [0.3, 0.4) is 0 Å². The van der Waals surface area contributed by atoms with Gasteiger partial charge in [0.25, 0.3) is 0 Å². The lowest BCUT2D eigenvalue weighted by atomic mass is 10.00. The summed E-state index contributed by atoms with van der Waals surface area (Å²) in [6.07, 6.45) is 3.44. The Morgan fingerprint density at radius 2 is 2.24 bits per heavy atom. The molecule has 0 fully saturated rings. The van der Waals surface area contributed by atoms with Gasteiger partial charge in [0.05, 0.1) is 30.9 Å². The summed E-state index contributed by atoms with van der Waals surface area (Å²) in [4.78, 5) is 4.51. The molecule has 0 radical (unpaired) electrons. The molecular formula is C18H24N6O. The van der Waals surface area contributed by atoms with E-state index < -0.39 is 5.60 Å². The van der Waals surface area contributed by atoms with Crippen LogP contribution >= 0.6 is 0 Å². The molecule has 1 aromatic heterocycles. The van der Waals surface area contributed by atoms with Crippen molar-refractivity contribution in [2.45, 2.75) is 26.0 Å². The lowest BCUT2D eigenvalue weighted by Gasteiger charge is -2.23. The van der Waals surface area contributed by atoms with Crippen LogP contribution in [0.15, 0.2) is 41.7 Å². The second-order valence-electron chi connectivity index (χ2n) is 6.04. The minimum absolute atomic E-state index is 0.294. The summed E-state index contributed by atoms with van der Waals surface area (Å²) in [6, 6.07) is 9.48. The molecule has 1 aromatic carbocycles. The Hall–Kier alpha value is -2.85. The highest BCUT2D eigenvalue weighted by molar-refractivity contribution is 5.79. The monoisotopic (exact) mass is 340 g/mol. The van der Waals surface area contributed by atoms with Crippen molar-refractivity contribution >= 4 is 5.96 Å². The molecule has 3 N–H and O–H groups in total. The second kappa shape index (κ2) is 8.31. The summed E-state index contributed by atoms with van der Waals surface area (Å²) in [5, 5.41) is 30.0. The van der Waals surface area contributed by atoms with Crippen molar-refractivity contribution in [2.24, 2.45) is 12.0 Å². The summed E-state index contributed by atoms with van der Waals surface area (Å²) < 4.78 is 1.66. The van der Waals surface area contributed by atoms with Crippen LogP contribution in [0.4, 0.5) is 0 Å². The van der Waals surface area contributed by atoms with Gasteiger partial charge in [-0.3, -0.25) is 4.68 Å².